The predicted molar refractivity (Wildman–Crippen MR) is 43.2 cm³/mol. The van der Waals surface area contributed by atoms with Crippen molar-refractivity contribution in [2.24, 2.45) is 0 Å². The van der Waals surface area contributed by atoms with Crippen molar-refractivity contribution in [1.82, 2.24) is 15.3 Å². The molecule has 0 radical (unpaired) electrons. The van der Waals surface area contributed by atoms with Crippen molar-refractivity contribution in [2.75, 3.05) is 6.54 Å². The Kier molecular flexibility index (Phi) is 1.90. The van der Waals surface area contributed by atoms with Crippen molar-refractivity contribution in [3.63, 3.8) is 0 Å². The van der Waals surface area contributed by atoms with Gasteiger partial charge in [-0.15, -0.1) is 0 Å². The first-order valence-electron chi connectivity index (χ1n) is 4.18. The van der Waals surface area contributed by atoms with Gasteiger partial charge in [-0.25, -0.2) is 4.98 Å². The van der Waals surface area contributed by atoms with Crippen LogP contribution in [0.5, 0.6) is 0 Å². The Morgan fingerprint density at radius 2 is 2.45 bits per heavy atom. The first-order valence-corrected chi connectivity index (χ1v) is 4.18. The fraction of sp³-hybridized carbons (Fsp3) is 0.625. The number of nitrogens with one attached hydrogen (secondary N) is 2. The second kappa shape index (κ2) is 3.05. The minimum atomic E-state index is 0.520. The standard InChI is InChI=1S/C8H13N3/c1-2-4-10-7(3-1)8-5-9-6-11-8/h5-7,10H,1-4H2,(H,9,11). The zero-order valence-electron chi connectivity index (χ0n) is 6.51. The Morgan fingerprint density at radius 1 is 1.45 bits per heavy atom. The van der Waals surface area contributed by atoms with Crippen LogP contribution in [0.3, 0.4) is 0 Å². The molecule has 1 fully saturated rings. The summed E-state index contributed by atoms with van der Waals surface area (Å²) in [4.78, 5) is 7.14. The van der Waals surface area contributed by atoms with Crippen molar-refractivity contribution < 1.29 is 0 Å². The minimum absolute atomic E-state index is 0.520. The molecule has 2 N–H and O–H groups in total. The Morgan fingerprint density at radius 3 is 3.09 bits per heavy atom. The molecule has 1 saturated heterocycles. The highest BCUT2D eigenvalue weighted by Crippen LogP contribution is 2.19. The summed E-state index contributed by atoms with van der Waals surface area (Å²) >= 11 is 0. The molecular formula is C8H13N3. The molecule has 0 amide bonds. The molecule has 2 rings (SSSR count). The summed E-state index contributed by atoms with van der Waals surface area (Å²) in [5, 5.41) is 3.45. The highest BCUT2D eigenvalue weighted by atomic mass is 15.0. The summed E-state index contributed by atoms with van der Waals surface area (Å²) in [6.07, 6.45) is 7.53. The normalized spacial score (nSPS) is 25.3. The molecule has 1 aliphatic heterocycles. The van der Waals surface area contributed by atoms with E-state index in [1.165, 1.54) is 25.0 Å². The summed E-state index contributed by atoms with van der Waals surface area (Å²) < 4.78 is 0. The number of aromatic nitrogens is 2. The number of rotatable bonds is 1. The van der Waals surface area contributed by atoms with Gasteiger partial charge in [0.1, 0.15) is 0 Å². The lowest BCUT2D eigenvalue weighted by Crippen LogP contribution is -2.26. The van der Waals surface area contributed by atoms with Crippen LogP contribution in [-0.4, -0.2) is 16.5 Å². The maximum atomic E-state index is 4.00. The molecule has 3 heteroatoms. The molecule has 0 saturated carbocycles. The lowest BCUT2D eigenvalue weighted by Gasteiger charge is -2.21. The summed E-state index contributed by atoms with van der Waals surface area (Å²) in [6.45, 7) is 1.14. The molecule has 1 aromatic heterocycles. The molecule has 1 aliphatic rings. The number of hydrogen-bond acceptors (Lipinski definition) is 2. The van der Waals surface area contributed by atoms with Crippen molar-refractivity contribution >= 4 is 0 Å². The van der Waals surface area contributed by atoms with Crippen LogP contribution in [0.4, 0.5) is 0 Å². The van der Waals surface area contributed by atoms with Crippen molar-refractivity contribution in [1.29, 1.82) is 0 Å². The summed E-state index contributed by atoms with van der Waals surface area (Å²) in [5.41, 5.74) is 1.23. The maximum Gasteiger partial charge on any atom is 0.0922 e. The van der Waals surface area contributed by atoms with Gasteiger partial charge < -0.3 is 10.3 Å². The van der Waals surface area contributed by atoms with Crippen LogP contribution in [-0.2, 0) is 0 Å². The first-order chi connectivity index (χ1) is 5.47. The molecule has 0 spiro atoms. The lowest BCUT2D eigenvalue weighted by molar-refractivity contribution is 0.406. The van der Waals surface area contributed by atoms with E-state index in [1.54, 1.807) is 6.33 Å². The second-order valence-electron chi connectivity index (χ2n) is 3.01. The number of piperidine rings is 1. The van der Waals surface area contributed by atoms with E-state index in [4.69, 9.17) is 0 Å². The Labute approximate surface area is 66.2 Å². The molecular weight excluding hydrogens is 138 g/mol. The van der Waals surface area contributed by atoms with E-state index in [9.17, 15) is 0 Å². The van der Waals surface area contributed by atoms with Crippen LogP contribution >= 0.6 is 0 Å². The Bertz CT molecular complexity index is 199. The van der Waals surface area contributed by atoms with Gasteiger partial charge in [-0.05, 0) is 19.4 Å². The molecule has 2 heterocycles. The number of nitrogens with zero attached hydrogens (tertiary/aromatic N) is 1. The number of imidazole rings is 1. The first kappa shape index (κ1) is 6.85. The van der Waals surface area contributed by atoms with Gasteiger partial charge in [0, 0.05) is 12.2 Å². The van der Waals surface area contributed by atoms with E-state index in [1.807, 2.05) is 6.20 Å². The molecule has 3 nitrogen and oxygen atoms in total. The van der Waals surface area contributed by atoms with Crippen molar-refractivity contribution in [3.05, 3.63) is 18.2 Å². The molecule has 0 bridgehead atoms. The van der Waals surface area contributed by atoms with Gasteiger partial charge in [0.25, 0.3) is 0 Å². The third-order valence-corrected chi connectivity index (χ3v) is 2.21. The van der Waals surface area contributed by atoms with Crippen LogP contribution in [0, 0.1) is 0 Å². The fourth-order valence-corrected chi connectivity index (χ4v) is 1.57. The summed E-state index contributed by atoms with van der Waals surface area (Å²) in [5.74, 6) is 0. The van der Waals surface area contributed by atoms with Crippen LogP contribution in [0.1, 0.15) is 31.0 Å². The van der Waals surface area contributed by atoms with Crippen LogP contribution in [0.15, 0.2) is 12.5 Å². The van der Waals surface area contributed by atoms with Gasteiger partial charge in [-0.3, -0.25) is 0 Å². The van der Waals surface area contributed by atoms with Crippen molar-refractivity contribution in [2.45, 2.75) is 25.3 Å². The smallest absolute Gasteiger partial charge is 0.0922 e. The molecule has 1 unspecified atom stereocenters. The average Bonchev–Trinajstić information content (AvgIpc) is 2.58. The Hall–Kier alpha value is -0.830. The van der Waals surface area contributed by atoms with Crippen LogP contribution in [0.25, 0.3) is 0 Å². The predicted octanol–water partition coefficient (Wildman–Crippen LogP) is 1.22. The third kappa shape index (κ3) is 1.43. The Balaban J connectivity index is 2.04. The monoisotopic (exact) mass is 151 g/mol. The lowest BCUT2D eigenvalue weighted by atomic mass is 10.0. The van der Waals surface area contributed by atoms with Crippen LogP contribution in [0.2, 0.25) is 0 Å². The second-order valence-corrected chi connectivity index (χ2v) is 3.01. The highest BCUT2D eigenvalue weighted by Gasteiger charge is 2.14. The van der Waals surface area contributed by atoms with Crippen molar-refractivity contribution in [3.8, 4) is 0 Å². The van der Waals surface area contributed by atoms with Gasteiger partial charge in [-0.2, -0.15) is 0 Å². The maximum absolute atomic E-state index is 4.00. The summed E-state index contributed by atoms with van der Waals surface area (Å²) in [7, 11) is 0. The minimum Gasteiger partial charge on any atom is -0.347 e. The third-order valence-electron chi connectivity index (χ3n) is 2.21. The van der Waals surface area contributed by atoms with Gasteiger partial charge in [-0.1, -0.05) is 6.42 Å². The van der Waals surface area contributed by atoms with Gasteiger partial charge in [0.05, 0.1) is 12.0 Å². The van der Waals surface area contributed by atoms with E-state index >= 15 is 0 Å². The van der Waals surface area contributed by atoms with E-state index in [2.05, 4.69) is 15.3 Å². The van der Waals surface area contributed by atoms with Gasteiger partial charge in [0.15, 0.2) is 0 Å². The molecule has 0 aliphatic carbocycles. The van der Waals surface area contributed by atoms with Gasteiger partial charge in [0.2, 0.25) is 0 Å². The van der Waals surface area contributed by atoms with E-state index < -0.39 is 0 Å². The highest BCUT2D eigenvalue weighted by molar-refractivity contribution is 5.02. The van der Waals surface area contributed by atoms with E-state index in [-0.39, 0.29) is 0 Å². The topological polar surface area (TPSA) is 40.7 Å². The van der Waals surface area contributed by atoms with E-state index in [0.29, 0.717) is 6.04 Å². The van der Waals surface area contributed by atoms with Gasteiger partial charge >= 0.3 is 0 Å². The van der Waals surface area contributed by atoms with Crippen LogP contribution < -0.4 is 5.32 Å². The SMILES string of the molecule is c1ncc(C2CCCCN2)[nH]1. The largest absolute Gasteiger partial charge is 0.347 e. The fourth-order valence-electron chi connectivity index (χ4n) is 1.57. The summed E-state index contributed by atoms with van der Waals surface area (Å²) in [6, 6.07) is 0.520. The zero-order valence-corrected chi connectivity index (χ0v) is 6.51. The quantitative estimate of drug-likeness (QED) is 0.633. The number of H-pyrrole nitrogens is 1. The molecule has 60 valence electrons. The molecule has 0 aromatic carbocycles. The molecule has 1 atom stereocenters. The average molecular weight is 151 g/mol. The molecule has 1 aromatic rings. The zero-order chi connectivity index (χ0) is 7.52. The molecule has 11 heavy (non-hydrogen) atoms. The number of aromatic amines is 1. The van der Waals surface area contributed by atoms with E-state index in [0.717, 1.165) is 6.54 Å². The number of hydrogen-bond donors (Lipinski definition) is 2.